The molecule has 0 aliphatic heterocycles. The van der Waals surface area contributed by atoms with E-state index in [1.807, 2.05) is 24.4 Å². The van der Waals surface area contributed by atoms with E-state index in [9.17, 15) is 4.39 Å². The maximum Gasteiger partial charge on any atom is 0.126 e. The molecule has 2 rings (SSSR count). The van der Waals surface area contributed by atoms with Gasteiger partial charge in [0.2, 0.25) is 0 Å². The van der Waals surface area contributed by atoms with E-state index < -0.39 is 0 Å². The summed E-state index contributed by atoms with van der Waals surface area (Å²) >= 11 is 3.32. The summed E-state index contributed by atoms with van der Waals surface area (Å²) in [7, 11) is 0. The summed E-state index contributed by atoms with van der Waals surface area (Å²) in [4.78, 5) is 1.04. The number of benzene rings is 1. The van der Waals surface area contributed by atoms with E-state index in [1.165, 1.54) is 4.21 Å². The van der Waals surface area contributed by atoms with Crippen molar-refractivity contribution in [1.82, 2.24) is 0 Å². The fourth-order valence-electron chi connectivity index (χ4n) is 1.54. The molecule has 1 nitrogen and oxygen atoms in total. The van der Waals surface area contributed by atoms with Gasteiger partial charge in [0.15, 0.2) is 0 Å². The highest BCUT2D eigenvalue weighted by atomic mass is 32.2. The van der Waals surface area contributed by atoms with Crippen molar-refractivity contribution in [2.75, 3.05) is 0 Å². The van der Waals surface area contributed by atoms with Crippen LogP contribution in [-0.2, 0) is 0 Å². The summed E-state index contributed by atoms with van der Waals surface area (Å²) in [5.74, 6) is -0.187. The van der Waals surface area contributed by atoms with Crippen LogP contribution in [0.1, 0.15) is 24.1 Å². The van der Waals surface area contributed by atoms with Crippen molar-refractivity contribution >= 4 is 23.1 Å². The minimum atomic E-state index is -0.187. The topological polar surface area (TPSA) is 26.0 Å². The van der Waals surface area contributed by atoms with E-state index in [4.69, 9.17) is 5.73 Å². The molecule has 1 aromatic heterocycles. The molecule has 1 heterocycles. The van der Waals surface area contributed by atoms with Gasteiger partial charge in [-0.25, -0.2) is 4.39 Å². The first-order valence-corrected chi connectivity index (χ1v) is 7.04. The van der Waals surface area contributed by atoms with Gasteiger partial charge in [-0.1, -0.05) is 17.8 Å². The highest BCUT2D eigenvalue weighted by molar-refractivity contribution is 8.01. The van der Waals surface area contributed by atoms with Gasteiger partial charge in [0.25, 0.3) is 0 Å². The lowest BCUT2D eigenvalue weighted by molar-refractivity contribution is 0.610. The molecule has 0 aliphatic rings. The van der Waals surface area contributed by atoms with Gasteiger partial charge in [-0.15, -0.1) is 11.3 Å². The predicted molar refractivity (Wildman–Crippen MR) is 72.2 cm³/mol. The van der Waals surface area contributed by atoms with Gasteiger partial charge in [-0.2, -0.15) is 0 Å². The molecule has 0 radical (unpaired) electrons. The molecule has 2 aromatic rings. The third-order valence-electron chi connectivity index (χ3n) is 2.49. The maximum atomic E-state index is 13.5. The van der Waals surface area contributed by atoms with E-state index in [-0.39, 0.29) is 11.9 Å². The van der Waals surface area contributed by atoms with Gasteiger partial charge in [-0.05, 0) is 48.6 Å². The zero-order valence-electron chi connectivity index (χ0n) is 9.74. The first kappa shape index (κ1) is 12.6. The summed E-state index contributed by atoms with van der Waals surface area (Å²) in [6.45, 7) is 3.65. The molecule has 4 heteroatoms. The first-order chi connectivity index (χ1) is 8.08. The second kappa shape index (κ2) is 5.21. The lowest BCUT2D eigenvalue weighted by Gasteiger charge is -2.13. The minimum absolute atomic E-state index is 0.160. The normalized spacial score (nSPS) is 12.7. The van der Waals surface area contributed by atoms with Crippen molar-refractivity contribution in [1.29, 1.82) is 0 Å². The molecule has 1 aromatic carbocycles. The lowest BCUT2D eigenvalue weighted by atomic mass is 10.1. The van der Waals surface area contributed by atoms with Crippen LogP contribution >= 0.6 is 23.1 Å². The van der Waals surface area contributed by atoms with Crippen LogP contribution in [-0.4, -0.2) is 0 Å². The highest BCUT2D eigenvalue weighted by Gasteiger charge is 2.12. The molecule has 1 unspecified atom stereocenters. The Kier molecular flexibility index (Phi) is 3.86. The number of thiophene rings is 1. The first-order valence-electron chi connectivity index (χ1n) is 5.35. The molecular weight excluding hydrogens is 253 g/mol. The molecule has 90 valence electrons. The van der Waals surface area contributed by atoms with E-state index in [0.29, 0.717) is 5.56 Å². The summed E-state index contributed by atoms with van der Waals surface area (Å²) < 4.78 is 14.7. The van der Waals surface area contributed by atoms with Crippen LogP contribution in [0.15, 0.2) is 38.8 Å². The number of halogens is 1. The van der Waals surface area contributed by atoms with Gasteiger partial charge in [0.1, 0.15) is 5.82 Å². The van der Waals surface area contributed by atoms with E-state index in [2.05, 4.69) is 6.07 Å². The lowest BCUT2D eigenvalue weighted by Crippen LogP contribution is -2.07. The van der Waals surface area contributed by atoms with Gasteiger partial charge in [-0.3, -0.25) is 0 Å². The standard InChI is InChI=1S/C13H14FNS2/c1-8-6-12(17-13-4-3-5-16-13)10(9(2)15)7-11(8)14/h3-7,9H,15H2,1-2H3. The monoisotopic (exact) mass is 267 g/mol. The maximum absolute atomic E-state index is 13.5. The van der Waals surface area contributed by atoms with Crippen molar-refractivity contribution in [3.05, 3.63) is 46.6 Å². The molecule has 1 atom stereocenters. The highest BCUT2D eigenvalue weighted by Crippen LogP contribution is 2.36. The molecule has 2 N–H and O–H groups in total. The Morgan fingerprint density at radius 2 is 2.18 bits per heavy atom. The molecule has 0 spiro atoms. The molecule has 0 saturated heterocycles. The Labute approximate surface area is 109 Å². The second-order valence-electron chi connectivity index (χ2n) is 3.96. The largest absolute Gasteiger partial charge is 0.324 e. The summed E-state index contributed by atoms with van der Waals surface area (Å²) in [6.07, 6.45) is 0. The van der Waals surface area contributed by atoms with Crippen molar-refractivity contribution in [2.24, 2.45) is 5.73 Å². The number of nitrogens with two attached hydrogens (primary N) is 1. The fraction of sp³-hybridized carbons (Fsp3) is 0.231. The number of hydrogen-bond donors (Lipinski definition) is 1. The Balaban J connectivity index is 2.41. The zero-order valence-corrected chi connectivity index (χ0v) is 11.4. The van der Waals surface area contributed by atoms with Crippen LogP contribution < -0.4 is 5.73 Å². The molecule has 0 amide bonds. The fourth-order valence-corrected chi connectivity index (χ4v) is 3.58. The van der Waals surface area contributed by atoms with Gasteiger partial charge in [0.05, 0.1) is 4.21 Å². The third kappa shape index (κ3) is 2.89. The van der Waals surface area contributed by atoms with Gasteiger partial charge >= 0.3 is 0 Å². The van der Waals surface area contributed by atoms with E-state index >= 15 is 0 Å². The molecule has 17 heavy (non-hydrogen) atoms. The summed E-state index contributed by atoms with van der Waals surface area (Å²) in [6, 6.07) is 7.33. The Morgan fingerprint density at radius 3 is 2.76 bits per heavy atom. The predicted octanol–water partition coefficient (Wildman–Crippen LogP) is 4.37. The zero-order chi connectivity index (χ0) is 12.4. The molecule has 0 fully saturated rings. The average Bonchev–Trinajstić information content (AvgIpc) is 2.75. The number of rotatable bonds is 3. The number of hydrogen-bond acceptors (Lipinski definition) is 3. The van der Waals surface area contributed by atoms with Crippen LogP contribution in [0.3, 0.4) is 0 Å². The molecule has 0 saturated carbocycles. The molecular formula is C13H14FNS2. The van der Waals surface area contributed by atoms with Crippen LogP contribution in [0.25, 0.3) is 0 Å². The molecule has 0 bridgehead atoms. The van der Waals surface area contributed by atoms with E-state index in [1.54, 1.807) is 36.1 Å². The van der Waals surface area contributed by atoms with Crippen molar-refractivity contribution < 1.29 is 4.39 Å². The average molecular weight is 267 g/mol. The van der Waals surface area contributed by atoms with Crippen LogP contribution in [0, 0.1) is 12.7 Å². The second-order valence-corrected chi connectivity index (χ2v) is 6.25. The Morgan fingerprint density at radius 1 is 1.41 bits per heavy atom. The van der Waals surface area contributed by atoms with Crippen molar-refractivity contribution in [3.63, 3.8) is 0 Å². The third-order valence-corrected chi connectivity index (χ3v) is 4.60. The smallest absolute Gasteiger partial charge is 0.126 e. The molecule has 0 aliphatic carbocycles. The van der Waals surface area contributed by atoms with Gasteiger partial charge in [0, 0.05) is 10.9 Å². The summed E-state index contributed by atoms with van der Waals surface area (Å²) in [5, 5.41) is 2.03. The van der Waals surface area contributed by atoms with Crippen LogP contribution in [0.2, 0.25) is 0 Å². The quantitative estimate of drug-likeness (QED) is 0.893. The SMILES string of the molecule is Cc1cc(Sc2cccs2)c(C(C)N)cc1F. The minimum Gasteiger partial charge on any atom is -0.324 e. The summed E-state index contributed by atoms with van der Waals surface area (Å²) in [5.41, 5.74) is 7.41. The Hall–Kier alpha value is -0.840. The van der Waals surface area contributed by atoms with Crippen LogP contribution in [0.4, 0.5) is 4.39 Å². The van der Waals surface area contributed by atoms with Crippen molar-refractivity contribution in [2.45, 2.75) is 29.0 Å². The Bertz CT molecular complexity index is 506. The van der Waals surface area contributed by atoms with Gasteiger partial charge < -0.3 is 5.73 Å². The van der Waals surface area contributed by atoms with E-state index in [0.717, 1.165) is 10.5 Å². The van der Waals surface area contributed by atoms with Crippen LogP contribution in [0.5, 0.6) is 0 Å². The number of aryl methyl sites for hydroxylation is 1. The van der Waals surface area contributed by atoms with Crippen molar-refractivity contribution in [3.8, 4) is 0 Å².